The molecule has 0 unspecified atom stereocenters. The molecule has 42 heavy (non-hydrogen) atoms. The van der Waals surface area contributed by atoms with E-state index in [1.165, 1.54) is 7.11 Å². The molecule has 0 amide bonds. The van der Waals surface area contributed by atoms with Crippen molar-refractivity contribution >= 4 is 33.7 Å². The molecule has 0 aliphatic rings. The fraction of sp³-hybridized carbons (Fsp3) is 0.273. The van der Waals surface area contributed by atoms with Crippen LogP contribution in [0.3, 0.4) is 0 Å². The van der Waals surface area contributed by atoms with Gasteiger partial charge in [0.1, 0.15) is 28.4 Å². The average molecular weight is 569 g/mol. The van der Waals surface area contributed by atoms with Gasteiger partial charge in [-0.2, -0.15) is 0 Å². The molecule has 0 spiro atoms. The lowest BCUT2D eigenvalue weighted by atomic mass is 10.1. The maximum atomic E-state index is 13.5. The topological polar surface area (TPSA) is 99.9 Å². The maximum Gasteiger partial charge on any atom is 0.347 e. The summed E-state index contributed by atoms with van der Waals surface area (Å²) in [5, 5.41) is 1.71. The summed E-state index contributed by atoms with van der Waals surface area (Å²) < 4.78 is 17.4. The van der Waals surface area contributed by atoms with Crippen LogP contribution in [-0.4, -0.2) is 80.1 Å². The summed E-state index contributed by atoms with van der Waals surface area (Å²) >= 11 is 0. The number of fused-ring (bicyclic) bond motifs is 2. The highest BCUT2D eigenvalue weighted by Gasteiger charge is 2.24. The van der Waals surface area contributed by atoms with Gasteiger partial charge in [-0.3, -0.25) is 0 Å². The Bertz CT molecular complexity index is 1610. The molecule has 0 aliphatic carbocycles. The third-order valence-corrected chi connectivity index (χ3v) is 7.22. The van der Waals surface area contributed by atoms with Gasteiger partial charge in [0.25, 0.3) is 0 Å². The SMILES string of the molecule is COc1c(C(=O)Oc2cccc3[nH]cc(CCN(C)C)c23)cccc1C(=O)Oc1cccc2[nH]cc(CCN(C)C)c12. The first-order valence-corrected chi connectivity index (χ1v) is 13.9. The smallest absolute Gasteiger partial charge is 0.347 e. The van der Waals surface area contributed by atoms with Crippen LogP contribution in [0.4, 0.5) is 0 Å². The summed E-state index contributed by atoms with van der Waals surface area (Å²) in [6.07, 6.45) is 5.47. The zero-order valence-corrected chi connectivity index (χ0v) is 24.6. The van der Waals surface area contributed by atoms with Crippen molar-refractivity contribution in [3.8, 4) is 17.2 Å². The largest absolute Gasteiger partial charge is 0.495 e. The molecule has 0 atom stereocenters. The van der Waals surface area contributed by atoms with Crippen molar-refractivity contribution in [2.24, 2.45) is 0 Å². The number of benzene rings is 3. The van der Waals surface area contributed by atoms with E-state index in [2.05, 4.69) is 19.8 Å². The summed E-state index contributed by atoms with van der Waals surface area (Å²) in [5.41, 5.74) is 4.11. The van der Waals surface area contributed by atoms with E-state index < -0.39 is 11.9 Å². The van der Waals surface area contributed by atoms with Crippen LogP contribution in [0, 0.1) is 0 Å². The van der Waals surface area contributed by atoms with Crippen molar-refractivity contribution in [3.05, 3.63) is 89.2 Å². The van der Waals surface area contributed by atoms with Gasteiger partial charge in [-0.1, -0.05) is 18.2 Å². The van der Waals surface area contributed by atoms with Crippen molar-refractivity contribution in [2.75, 3.05) is 48.4 Å². The minimum atomic E-state index is -0.632. The molecule has 2 aromatic heterocycles. The van der Waals surface area contributed by atoms with Crippen LogP contribution in [0.5, 0.6) is 17.2 Å². The van der Waals surface area contributed by atoms with Gasteiger partial charge in [-0.25, -0.2) is 9.59 Å². The molecule has 0 saturated carbocycles. The number of esters is 2. The summed E-state index contributed by atoms with van der Waals surface area (Å²) in [6, 6.07) is 15.9. The van der Waals surface area contributed by atoms with E-state index in [0.717, 1.165) is 58.9 Å². The molecule has 2 N–H and O–H groups in total. The Morgan fingerprint density at radius 3 is 1.50 bits per heavy atom. The Morgan fingerprint density at radius 2 is 1.10 bits per heavy atom. The number of aromatic amines is 2. The lowest BCUT2D eigenvalue weighted by Crippen LogP contribution is -2.16. The Hall–Kier alpha value is -4.60. The number of carbonyl (C=O) groups excluding carboxylic acids is 2. The van der Waals surface area contributed by atoms with E-state index in [-0.39, 0.29) is 16.9 Å². The predicted molar refractivity (Wildman–Crippen MR) is 164 cm³/mol. The second-order valence-electron chi connectivity index (χ2n) is 10.8. The molecule has 0 radical (unpaired) electrons. The molecule has 5 rings (SSSR count). The molecule has 9 nitrogen and oxygen atoms in total. The van der Waals surface area contributed by atoms with E-state index in [1.807, 2.05) is 64.8 Å². The Kier molecular flexibility index (Phi) is 8.61. The standard InChI is InChI=1S/C33H36N4O5/c1-36(2)17-15-21-19-34-25-11-7-13-27(29(21)25)41-32(38)23-9-6-10-24(31(23)40-5)33(39)42-28-14-8-12-26-30(28)22(20-35-26)16-18-37(3)4/h6-14,19-20,34-35H,15-18H2,1-5H3. The number of hydrogen-bond donors (Lipinski definition) is 2. The number of likely N-dealkylation sites (N-methyl/N-ethyl adjacent to an activating group) is 2. The van der Waals surface area contributed by atoms with Gasteiger partial charge in [-0.15, -0.1) is 0 Å². The van der Waals surface area contributed by atoms with Crippen molar-refractivity contribution in [2.45, 2.75) is 12.8 Å². The third-order valence-electron chi connectivity index (χ3n) is 7.22. The van der Waals surface area contributed by atoms with Gasteiger partial charge in [0.05, 0.1) is 7.11 Å². The molecular formula is C33H36N4O5. The number of carbonyl (C=O) groups is 2. The van der Waals surface area contributed by atoms with E-state index >= 15 is 0 Å². The summed E-state index contributed by atoms with van der Waals surface area (Å²) in [5.74, 6) is -0.297. The number of aromatic nitrogens is 2. The molecule has 5 aromatic rings. The van der Waals surface area contributed by atoms with Crippen LogP contribution in [0.2, 0.25) is 0 Å². The van der Waals surface area contributed by atoms with Gasteiger partial charge in [0, 0.05) is 47.3 Å². The van der Waals surface area contributed by atoms with Crippen LogP contribution in [0.1, 0.15) is 31.8 Å². The van der Waals surface area contributed by atoms with E-state index in [9.17, 15) is 9.59 Å². The second-order valence-corrected chi connectivity index (χ2v) is 10.8. The van der Waals surface area contributed by atoms with E-state index in [4.69, 9.17) is 14.2 Å². The lowest BCUT2D eigenvalue weighted by molar-refractivity contribution is 0.0730. The zero-order chi connectivity index (χ0) is 29.8. The van der Waals surface area contributed by atoms with Gasteiger partial charge in [0.2, 0.25) is 0 Å². The number of rotatable bonds is 11. The van der Waals surface area contributed by atoms with Crippen LogP contribution < -0.4 is 14.2 Å². The van der Waals surface area contributed by atoms with Crippen molar-refractivity contribution in [3.63, 3.8) is 0 Å². The summed E-state index contributed by atoms with van der Waals surface area (Å²) in [4.78, 5) is 37.7. The summed E-state index contributed by atoms with van der Waals surface area (Å²) in [6.45, 7) is 1.70. The highest BCUT2D eigenvalue weighted by atomic mass is 16.5. The fourth-order valence-electron chi connectivity index (χ4n) is 5.08. The van der Waals surface area contributed by atoms with Crippen molar-refractivity contribution in [1.29, 1.82) is 0 Å². The monoisotopic (exact) mass is 568 g/mol. The summed E-state index contributed by atoms with van der Waals surface area (Å²) in [7, 11) is 9.48. The number of nitrogens with zero attached hydrogens (tertiary/aromatic N) is 2. The molecular weight excluding hydrogens is 532 g/mol. The minimum Gasteiger partial charge on any atom is -0.495 e. The number of ether oxygens (including phenoxy) is 3. The Labute approximate surface area is 245 Å². The normalized spacial score (nSPS) is 11.5. The van der Waals surface area contributed by atoms with E-state index in [0.29, 0.717) is 11.5 Å². The van der Waals surface area contributed by atoms with Gasteiger partial charge >= 0.3 is 11.9 Å². The number of hydrogen-bond acceptors (Lipinski definition) is 7. The van der Waals surface area contributed by atoms with Crippen molar-refractivity contribution < 1.29 is 23.8 Å². The molecule has 9 heteroatoms. The molecule has 0 saturated heterocycles. The number of methoxy groups -OCH3 is 1. The molecule has 218 valence electrons. The molecule has 0 bridgehead atoms. The number of H-pyrrole nitrogens is 2. The number of para-hydroxylation sites is 1. The molecule has 2 heterocycles. The van der Waals surface area contributed by atoms with Crippen LogP contribution in [-0.2, 0) is 12.8 Å². The first-order chi connectivity index (χ1) is 20.3. The predicted octanol–water partition coefficient (Wildman–Crippen LogP) is 5.30. The quantitative estimate of drug-likeness (QED) is 0.165. The highest BCUT2D eigenvalue weighted by Crippen LogP contribution is 2.34. The number of nitrogens with one attached hydrogen (secondary N) is 2. The van der Waals surface area contributed by atoms with Gasteiger partial charge < -0.3 is 34.0 Å². The van der Waals surface area contributed by atoms with E-state index in [1.54, 1.807) is 30.3 Å². The first-order valence-electron chi connectivity index (χ1n) is 13.9. The van der Waals surface area contributed by atoms with Gasteiger partial charge in [0.15, 0.2) is 0 Å². The van der Waals surface area contributed by atoms with Crippen molar-refractivity contribution in [1.82, 2.24) is 19.8 Å². The lowest BCUT2D eigenvalue weighted by Gasteiger charge is -2.14. The fourth-order valence-corrected chi connectivity index (χ4v) is 5.08. The molecule has 3 aromatic carbocycles. The highest BCUT2D eigenvalue weighted by molar-refractivity contribution is 6.03. The van der Waals surface area contributed by atoms with Gasteiger partial charge in [-0.05, 0) is 88.6 Å². The Morgan fingerprint density at radius 1 is 0.667 bits per heavy atom. The minimum absolute atomic E-state index is 0.0932. The molecule has 0 fully saturated rings. The van der Waals surface area contributed by atoms with Crippen LogP contribution >= 0.6 is 0 Å². The zero-order valence-electron chi connectivity index (χ0n) is 24.6. The third kappa shape index (κ3) is 6.02. The first kappa shape index (κ1) is 28.9. The maximum absolute atomic E-state index is 13.5. The van der Waals surface area contributed by atoms with Crippen LogP contribution in [0.25, 0.3) is 21.8 Å². The Balaban J connectivity index is 1.43. The second kappa shape index (κ2) is 12.5. The average Bonchev–Trinajstić information content (AvgIpc) is 3.59. The molecule has 0 aliphatic heterocycles. The van der Waals surface area contributed by atoms with Crippen LogP contribution in [0.15, 0.2) is 67.0 Å².